The fourth-order valence-corrected chi connectivity index (χ4v) is 13.4. The molecule has 0 saturated heterocycles. The Hall–Kier alpha value is -7.99. The van der Waals surface area contributed by atoms with Gasteiger partial charge in [-0.2, -0.15) is 0 Å². The lowest BCUT2D eigenvalue weighted by Crippen LogP contribution is -2.05. The number of aromatic carboxylic acids is 1. The van der Waals surface area contributed by atoms with Crippen molar-refractivity contribution in [1.29, 1.82) is 0 Å². The van der Waals surface area contributed by atoms with Gasteiger partial charge in [-0.3, -0.25) is 0 Å². The molecule has 0 fully saturated rings. The molecule has 0 spiro atoms. The smallest absolute Gasteiger partial charge is 0.335 e. The third-order valence-electron chi connectivity index (χ3n) is 20.3. The van der Waals surface area contributed by atoms with E-state index in [4.69, 9.17) is 47.4 Å². The number of rotatable bonds is 67. The van der Waals surface area contributed by atoms with Gasteiger partial charge in [-0.15, -0.1) is 0 Å². The van der Waals surface area contributed by atoms with E-state index >= 15 is 0 Å². The molecular formula is C97H138O12. The van der Waals surface area contributed by atoms with Gasteiger partial charge in [-0.05, 0) is 144 Å². The Balaban J connectivity index is 0.963. The van der Waals surface area contributed by atoms with Crippen molar-refractivity contribution in [3.63, 3.8) is 0 Å². The summed E-state index contributed by atoms with van der Waals surface area (Å²) in [6.07, 6.45) is 51.5. The van der Waals surface area contributed by atoms with Crippen molar-refractivity contribution in [2.45, 2.75) is 324 Å². The van der Waals surface area contributed by atoms with E-state index in [1.54, 1.807) is 6.07 Å². The zero-order valence-corrected chi connectivity index (χ0v) is 67.7. The summed E-state index contributed by atoms with van der Waals surface area (Å²) >= 11 is 0. The number of carboxylic acid groups (broad SMARTS) is 1. The van der Waals surface area contributed by atoms with Crippen LogP contribution in [0.5, 0.6) is 57.5 Å². The normalized spacial score (nSPS) is 11.2. The van der Waals surface area contributed by atoms with Gasteiger partial charge in [0.2, 0.25) is 0 Å². The number of carbonyl (C=O) groups is 1. The lowest BCUT2D eigenvalue weighted by Gasteiger charge is -2.16. The first-order chi connectivity index (χ1) is 53.8. The molecule has 0 amide bonds. The molecule has 0 unspecified atom stereocenters. The molecule has 0 bridgehead atoms. The van der Waals surface area contributed by atoms with Crippen LogP contribution in [0.1, 0.15) is 328 Å². The van der Waals surface area contributed by atoms with Crippen molar-refractivity contribution in [1.82, 2.24) is 0 Å². The molecule has 598 valence electrons. The van der Waals surface area contributed by atoms with Crippen molar-refractivity contribution in [2.24, 2.45) is 0 Å². The van der Waals surface area contributed by atoms with Crippen LogP contribution in [0.25, 0.3) is 0 Å². The molecule has 0 aliphatic heterocycles. The van der Waals surface area contributed by atoms with Crippen molar-refractivity contribution < 1.29 is 57.3 Å². The summed E-state index contributed by atoms with van der Waals surface area (Å²) < 4.78 is 63.5. The summed E-state index contributed by atoms with van der Waals surface area (Å²) in [5, 5.41) is 10.4. The van der Waals surface area contributed by atoms with Crippen LogP contribution in [0, 0.1) is 0 Å². The van der Waals surface area contributed by atoms with Gasteiger partial charge in [0.05, 0.1) is 32.0 Å². The highest BCUT2D eigenvalue weighted by Gasteiger charge is 2.16. The highest BCUT2D eigenvalue weighted by Crippen LogP contribution is 2.35. The average molecular weight is 1500 g/mol. The van der Waals surface area contributed by atoms with E-state index in [0.717, 1.165) is 82.1 Å². The summed E-state index contributed by atoms with van der Waals surface area (Å²) in [5.41, 5.74) is 5.59. The van der Waals surface area contributed by atoms with E-state index in [1.165, 1.54) is 243 Å². The van der Waals surface area contributed by atoms with E-state index in [2.05, 4.69) is 27.7 Å². The van der Waals surface area contributed by atoms with E-state index < -0.39 is 5.97 Å². The molecule has 109 heavy (non-hydrogen) atoms. The number of ether oxygens (including phenoxy) is 10. The maximum absolute atomic E-state index is 12.7. The molecular weight excluding hydrogens is 1360 g/mol. The minimum Gasteiger partial charge on any atom is -0.494 e. The van der Waals surface area contributed by atoms with Crippen LogP contribution >= 0.6 is 0 Å². The summed E-state index contributed by atoms with van der Waals surface area (Å²) in [7, 11) is 0. The number of hydrogen-bond donors (Lipinski definition) is 1. The van der Waals surface area contributed by atoms with Crippen LogP contribution in [0.4, 0.5) is 0 Å². The second-order valence-corrected chi connectivity index (χ2v) is 30.0. The monoisotopic (exact) mass is 1500 g/mol. The van der Waals surface area contributed by atoms with Crippen LogP contribution < -0.4 is 47.4 Å². The Bertz CT molecular complexity index is 3200. The Morgan fingerprint density at radius 2 is 0.422 bits per heavy atom. The highest BCUT2D eigenvalue weighted by atomic mass is 16.5. The van der Waals surface area contributed by atoms with Crippen molar-refractivity contribution >= 4 is 5.97 Å². The van der Waals surface area contributed by atoms with E-state index in [0.29, 0.717) is 87.4 Å². The van der Waals surface area contributed by atoms with E-state index in [9.17, 15) is 9.90 Å². The van der Waals surface area contributed by atoms with Crippen LogP contribution in [0.2, 0.25) is 0 Å². The molecule has 0 heterocycles. The molecule has 7 rings (SSSR count). The maximum Gasteiger partial charge on any atom is 0.335 e. The molecule has 0 aliphatic rings. The topological polar surface area (TPSA) is 130 Å². The number of unbranched alkanes of at least 4 members (excludes halogenated alkanes) is 36. The Kier molecular flexibility index (Phi) is 46.2. The molecule has 12 nitrogen and oxygen atoms in total. The quantitative estimate of drug-likeness (QED) is 0.0364. The predicted molar refractivity (Wildman–Crippen MR) is 447 cm³/mol. The standard InChI is InChI=1S/C97H138O12/c1-5-9-13-17-21-25-29-33-37-41-65-100-87-55-45-80(46-56-87)74-106-93-63-53-84(69-95(93)108-76-82-49-59-89(60-50-82)102-67-43-39-35-31-27-23-19-15-11-7-3)78-104-91-71-86(97(98)99)72-92(73-91)105-79-85-54-64-94(107-75-81-47-57-88(58-48-81)101-66-42-38-34-30-26-22-18-14-10-6-2)96(70-85)109-77-83-51-61-90(62-52-83)103-68-44-40-36-32-28-24-20-16-12-8-4/h45-64,69-73H,5-44,65-68,74-79H2,1-4H3,(H,98,99). The molecule has 7 aromatic rings. The summed E-state index contributed by atoms with van der Waals surface area (Å²) in [6.45, 7) is 13.4. The van der Waals surface area contributed by atoms with Gasteiger partial charge in [-0.1, -0.05) is 320 Å². The van der Waals surface area contributed by atoms with Gasteiger partial charge in [0, 0.05) is 6.07 Å². The van der Waals surface area contributed by atoms with Gasteiger partial charge < -0.3 is 52.5 Å². The second kappa shape index (κ2) is 57.1. The fourth-order valence-electron chi connectivity index (χ4n) is 13.4. The van der Waals surface area contributed by atoms with Crippen LogP contribution in [-0.4, -0.2) is 37.5 Å². The van der Waals surface area contributed by atoms with Crippen molar-refractivity contribution in [3.05, 3.63) is 191 Å². The molecule has 1 N–H and O–H groups in total. The maximum atomic E-state index is 12.7. The van der Waals surface area contributed by atoms with Gasteiger partial charge in [-0.25, -0.2) is 4.79 Å². The SMILES string of the molecule is CCCCCCCCCCCCOc1ccc(COc2ccc(COc3cc(OCc4ccc(OCc5ccc(OCCCCCCCCCCCC)cc5)c(OCc5ccc(OCCCCCCCCCCCC)cc5)c4)cc(C(=O)O)c3)cc2OCc2ccc(OCCCCCCCCCCCC)cc2)cc1. The van der Waals surface area contributed by atoms with Gasteiger partial charge >= 0.3 is 5.97 Å². The highest BCUT2D eigenvalue weighted by molar-refractivity contribution is 5.88. The summed E-state index contributed by atoms with van der Waals surface area (Å²) in [5.74, 6) is 5.23. The predicted octanol–water partition coefficient (Wildman–Crippen LogP) is 28.1. The molecule has 0 aromatic heterocycles. The first-order valence-corrected chi connectivity index (χ1v) is 43.0. The lowest BCUT2D eigenvalue weighted by atomic mass is 10.1. The van der Waals surface area contributed by atoms with Gasteiger partial charge in [0.15, 0.2) is 23.0 Å². The van der Waals surface area contributed by atoms with Gasteiger partial charge in [0.25, 0.3) is 0 Å². The van der Waals surface area contributed by atoms with Crippen LogP contribution in [0.15, 0.2) is 152 Å². The largest absolute Gasteiger partial charge is 0.494 e. The molecule has 12 heteroatoms. The lowest BCUT2D eigenvalue weighted by molar-refractivity contribution is 0.0695. The first-order valence-electron chi connectivity index (χ1n) is 43.0. The Labute approximate surface area is 658 Å². The number of benzene rings is 7. The molecule has 0 atom stereocenters. The summed E-state index contributed by atoms with van der Waals surface area (Å²) in [6, 6.07) is 48.7. The van der Waals surface area contributed by atoms with Crippen molar-refractivity contribution in [2.75, 3.05) is 26.4 Å². The third kappa shape index (κ3) is 39.5. The first kappa shape index (κ1) is 88.2. The Morgan fingerprint density at radius 1 is 0.211 bits per heavy atom. The second-order valence-electron chi connectivity index (χ2n) is 30.0. The molecule has 0 aliphatic carbocycles. The van der Waals surface area contributed by atoms with Crippen molar-refractivity contribution in [3.8, 4) is 57.5 Å². The number of carboxylic acids is 1. The Morgan fingerprint density at radius 3 is 0.661 bits per heavy atom. The molecule has 7 aromatic carbocycles. The van der Waals surface area contributed by atoms with E-state index in [-0.39, 0.29) is 18.8 Å². The average Bonchev–Trinajstić information content (AvgIpc) is 0.848. The third-order valence-corrected chi connectivity index (χ3v) is 20.3. The zero-order valence-electron chi connectivity index (χ0n) is 67.7. The minimum atomic E-state index is -1.11. The minimum absolute atomic E-state index is 0.0286. The number of hydrogen-bond acceptors (Lipinski definition) is 11. The van der Waals surface area contributed by atoms with Crippen LogP contribution in [0.3, 0.4) is 0 Å². The molecule has 0 radical (unpaired) electrons. The summed E-state index contributed by atoms with van der Waals surface area (Å²) in [4.78, 5) is 12.7. The van der Waals surface area contributed by atoms with Crippen LogP contribution in [-0.2, 0) is 39.6 Å². The zero-order chi connectivity index (χ0) is 76.5. The molecule has 0 saturated carbocycles. The van der Waals surface area contributed by atoms with Gasteiger partial charge in [0.1, 0.15) is 74.1 Å². The fraction of sp³-hybridized carbons (Fsp3) is 0.557. The van der Waals surface area contributed by atoms with E-state index in [1.807, 2.05) is 133 Å².